The summed E-state index contributed by atoms with van der Waals surface area (Å²) in [6.07, 6.45) is 3.86. The van der Waals surface area contributed by atoms with Gasteiger partial charge in [0.15, 0.2) is 11.4 Å². The van der Waals surface area contributed by atoms with Gasteiger partial charge in [-0.2, -0.15) is 0 Å². The Labute approximate surface area is 157 Å². The van der Waals surface area contributed by atoms with Gasteiger partial charge in [0, 0.05) is 37.8 Å². The molecule has 0 aromatic carbocycles. The van der Waals surface area contributed by atoms with Crippen LogP contribution in [0, 0.1) is 13.8 Å². The average molecular weight is 365 g/mol. The molecule has 1 fully saturated rings. The molecule has 3 aromatic heterocycles. The van der Waals surface area contributed by atoms with E-state index in [1.165, 1.54) is 6.92 Å². The Hall–Kier alpha value is -2.96. The van der Waals surface area contributed by atoms with Gasteiger partial charge >= 0.3 is 0 Å². The summed E-state index contributed by atoms with van der Waals surface area (Å²) in [5.41, 5.74) is 3.44. The number of carbonyl (C=O) groups is 2. The quantitative estimate of drug-likeness (QED) is 0.724. The van der Waals surface area contributed by atoms with E-state index in [1.807, 2.05) is 47.5 Å². The van der Waals surface area contributed by atoms with Crippen molar-refractivity contribution >= 4 is 17.3 Å². The molecule has 27 heavy (non-hydrogen) atoms. The van der Waals surface area contributed by atoms with Crippen LogP contribution >= 0.6 is 0 Å². The fraction of sp³-hybridized carbons (Fsp3) is 0.400. The first kappa shape index (κ1) is 17.5. The molecule has 4 rings (SSSR count). The van der Waals surface area contributed by atoms with Crippen molar-refractivity contribution in [3.05, 3.63) is 52.7 Å². The van der Waals surface area contributed by atoms with Crippen LogP contribution in [0.15, 0.2) is 24.4 Å². The fourth-order valence-corrected chi connectivity index (χ4v) is 4.09. The van der Waals surface area contributed by atoms with Crippen LogP contribution in [0.3, 0.4) is 0 Å². The summed E-state index contributed by atoms with van der Waals surface area (Å²) in [6, 6.07) is 5.83. The van der Waals surface area contributed by atoms with Crippen molar-refractivity contribution in [2.24, 2.45) is 0 Å². The smallest absolute Gasteiger partial charge is 0.255 e. The monoisotopic (exact) mass is 365 g/mol. The zero-order chi connectivity index (χ0) is 19.1. The Morgan fingerprint density at radius 2 is 2.04 bits per heavy atom. The van der Waals surface area contributed by atoms with Gasteiger partial charge in [-0.05, 0) is 44.4 Å². The molecule has 140 valence electrons. The maximum atomic E-state index is 13.2. The number of ketones is 1. The Bertz CT molecular complexity index is 1030. The minimum atomic E-state index is -0.0545. The van der Waals surface area contributed by atoms with E-state index in [-0.39, 0.29) is 17.6 Å². The Morgan fingerprint density at radius 1 is 1.22 bits per heavy atom. The van der Waals surface area contributed by atoms with Crippen molar-refractivity contribution in [1.29, 1.82) is 0 Å². The van der Waals surface area contributed by atoms with E-state index in [0.29, 0.717) is 24.3 Å². The van der Waals surface area contributed by atoms with Gasteiger partial charge in [-0.3, -0.25) is 14.0 Å². The Balaban J connectivity index is 1.62. The second-order valence-corrected chi connectivity index (χ2v) is 7.26. The number of nitrogens with zero attached hydrogens (tertiary/aromatic N) is 4. The first-order valence-electron chi connectivity index (χ1n) is 9.26. The Morgan fingerprint density at radius 3 is 2.78 bits per heavy atom. The van der Waals surface area contributed by atoms with Crippen LogP contribution in [0.25, 0.3) is 5.65 Å². The largest absolute Gasteiger partial charge is 0.355 e. The molecule has 0 radical (unpaired) electrons. The van der Waals surface area contributed by atoms with E-state index in [0.717, 1.165) is 35.6 Å². The second-order valence-electron chi connectivity index (χ2n) is 7.26. The number of aromatic amines is 1. The average Bonchev–Trinajstić information content (AvgIpc) is 3.22. The van der Waals surface area contributed by atoms with Gasteiger partial charge in [0.1, 0.15) is 5.82 Å². The van der Waals surface area contributed by atoms with Crippen LogP contribution < -0.4 is 0 Å². The minimum absolute atomic E-state index is 0.0210. The van der Waals surface area contributed by atoms with E-state index in [1.54, 1.807) is 0 Å². The molecule has 3 aromatic rings. The normalized spacial score (nSPS) is 17.4. The predicted octanol–water partition coefficient (Wildman–Crippen LogP) is 2.90. The summed E-state index contributed by atoms with van der Waals surface area (Å²) < 4.78 is 2.00. The highest BCUT2D eigenvalue weighted by Gasteiger charge is 2.31. The molecule has 1 saturated heterocycles. The van der Waals surface area contributed by atoms with Gasteiger partial charge in [-0.1, -0.05) is 6.07 Å². The third-order valence-corrected chi connectivity index (χ3v) is 5.42. The SMILES string of the molecule is CC(=O)c1[nH]c(C)c(C(=O)N2CCC[C@H](c3nnc4ccccn34)C2)c1C. The molecule has 1 aliphatic heterocycles. The molecule has 4 heterocycles. The number of amides is 1. The molecule has 0 aliphatic carbocycles. The number of nitrogens with one attached hydrogen (secondary N) is 1. The summed E-state index contributed by atoms with van der Waals surface area (Å²) in [5.74, 6) is 0.968. The van der Waals surface area contributed by atoms with Crippen molar-refractivity contribution in [1.82, 2.24) is 24.5 Å². The van der Waals surface area contributed by atoms with E-state index >= 15 is 0 Å². The van der Waals surface area contributed by atoms with Crippen LogP contribution in [0.1, 0.15) is 63.6 Å². The molecule has 0 unspecified atom stereocenters. The zero-order valence-corrected chi connectivity index (χ0v) is 15.8. The summed E-state index contributed by atoms with van der Waals surface area (Å²) >= 11 is 0. The highest BCUT2D eigenvalue weighted by molar-refractivity contribution is 6.02. The van der Waals surface area contributed by atoms with Crippen molar-refractivity contribution < 1.29 is 9.59 Å². The molecule has 0 spiro atoms. The van der Waals surface area contributed by atoms with E-state index in [9.17, 15) is 9.59 Å². The number of hydrogen-bond donors (Lipinski definition) is 1. The standard InChI is InChI=1S/C20H23N5O2/c1-12-17(13(2)21-18(12)14(3)26)20(27)24-9-6-7-15(11-24)19-23-22-16-8-4-5-10-25(16)19/h4-5,8,10,15,21H,6-7,9,11H2,1-3H3/t15-/m0/s1. The molecule has 1 aliphatic rings. The lowest BCUT2D eigenvalue weighted by Gasteiger charge is -2.32. The number of rotatable bonds is 3. The molecule has 1 atom stereocenters. The van der Waals surface area contributed by atoms with Crippen molar-refractivity contribution in [2.45, 2.75) is 39.5 Å². The predicted molar refractivity (Wildman–Crippen MR) is 101 cm³/mol. The number of aromatic nitrogens is 4. The molecule has 0 saturated carbocycles. The highest BCUT2D eigenvalue weighted by Crippen LogP contribution is 2.28. The summed E-state index contributed by atoms with van der Waals surface area (Å²) in [6.45, 7) is 6.51. The van der Waals surface area contributed by atoms with Crippen LogP contribution in [0.2, 0.25) is 0 Å². The number of carbonyl (C=O) groups excluding carboxylic acids is 2. The number of likely N-dealkylation sites (tertiary alicyclic amines) is 1. The first-order valence-corrected chi connectivity index (χ1v) is 9.26. The summed E-state index contributed by atoms with van der Waals surface area (Å²) in [4.78, 5) is 29.9. The number of hydrogen-bond acceptors (Lipinski definition) is 4. The number of fused-ring (bicyclic) bond motifs is 1. The molecule has 7 heteroatoms. The van der Waals surface area contributed by atoms with Gasteiger partial charge < -0.3 is 9.88 Å². The maximum Gasteiger partial charge on any atom is 0.255 e. The highest BCUT2D eigenvalue weighted by atomic mass is 16.2. The van der Waals surface area contributed by atoms with Crippen molar-refractivity contribution in [2.75, 3.05) is 13.1 Å². The zero-order valence-electron chi connectivity index (χ0n) is 15.8. The molecule has 7 nitrogen and oxygen atoms in total. The van der Waals surface area contributed by atoms with Gasteiger partial charge in [-0.15, -0.1) is 10.2 Å². The van der Waals surface area contributed by atoms with Crippen molar-refractivity contribution in [3.63, 3.8) is 0 Å². The second kappa shape index (κ2) is 6.64. The summed E-state index contributed by atoms with van der Waals surface area (Å²) in [5, 5.41) is 8.61. The molecule has 0 bridgehead atoms. The van der Waals surface area contributed by atoms with Crippen LogP contribution in [-0.2, 0) is 0 Å². The van der Waals surface area contributed by atoms with Crippen LogP contribution in [-0.4, -0.2) is 49.3 Å². The molecule has 1 N–H and O–H groups in total. The van der Waals surface area contributed by atoms with Crippen molar-refractivity contribution in [3.8, 4) is 0 Å². The number of H-pyrrole nitrogens is 1. The van der Waals surface area contributed by atoms with Gasteiger partial charge in [0.25, 0.3) is 5.91 Å². The lowest BCUT2D eigenvalue weighted by molar-refractivity contribution is 0.0703. The molecular formula is C20H23N5O2. The number of piperidine rings is 1. The first-order chi connectivity index (χ1) is 13.0. The molecule has 1 amide bonds. The van der Waals surface area contributed by atoms with Crippen LogP contribution in [0.5, 0.6) is 0 Å². The fourth-order valence-electron chi connectivity index (χ4n) is 4.09. The number of pyridine rings is 1. The lowest BCUT2D eigenvalue weighted by atomic mass is 9.96. The van der Waals surface area contributed by atoms with E-state index in [4.69, 9.17) is 0 Å². The van der Waals surface area contributed by atoms with Gasteiger partial charge in [0.2, 0.25) is 0 Å². The van der Waals surface area contributed by atoms with E-state index < -0.39 is 0 Å². The third-order valence-electron chi connectivity index (χ3n) is 5.42. The number of Topliss-reactive ketones (excluding diaryl/α,β-unsaturated/α-hetero) is 1. The van der Waals surface area contributed by atoms with Gasteiger partial charge in [-0.25, -0.2) is 0 Å². The topological polar surface area (TPSA) is 83.4 Å². The van der Waals surface area contributed by atoms with Crippen LogP contribution in [0.4, 0.5) is 0 Å². The molecular weight excluding hydrogens is 342 g/mol. The third kappa shape index (κ3) is 2.93. The summed E-state index contributed by atoms with van der Waals surface area (Å²) in [7, 11) is 0. The minimum Gasteiger partial charge on any atom is -0.355 e. The maximum absolute atomic E-state index is 13.2. The number of aryl methyl sites for hydroxylation is 1. The Kier molecular flexibility index (Phi) is 4.30. The van der Waals surface area contributed by atoms with Gasteiger partial charge in [0.05, 0.1) is 11.3 Å². The lowest BCUT2D eigenvalue weighted by Crippen LogP contribution is -2.40. The van der Waals surface area contributed by atoms with E-state index in [2.05, 4.69) is 15.2 Å².